The summed E-state index contributed by atoms with van der Waals surface area (Å²) in [5, 5.41) is 9.78. The summed E-state index contributed by atoms with van der Waals surface area (Å²) in [7, 11) is 0. The van der Waals surface area contributed by atoms with Gasteiger partial charge in [-0.25, -0.2) is 9.67 Å². The van der Waals surface area contributed by atoms with Gasteiger partial charge in [0.2, 0.25) is 0 Å². The third-order valence-electron chi connectivity index (χ3n) is 4.57. The highest BCUT2D eigenvalue weighted by Crippen LogP contribution is 2.17. The molecule has 0 bridgehead atoms. The number of hydrogen-bond donors (Lipinski definition) is 2. The van der Waals surface area contributed by atoms with Crippen molar-refractivity contribution in [2.24, 2.45) is 0 Å². The molecule has 0 aliphatic carbocycles. The number of rotatable bonds is 6. The van der Waals surface area contributed by atoms with Gasteiger partial charge in [0, 0.05) is 11.3 Å². The van der Waals surface area contributed by atoms with Crippen LogP contribution in [0.5, 0.6) is 0 Å². The van der Waals surface area contributed by atoms with Crippen molar-refractivity contribution in [1.29, 1.82) is 0 Å². The summed E-state index contributed by atoms with van der Waals surface area (Å²) in [6.45, 7) is 1.92. The van der Waals surface area contributed by atoms with E-state index in [-0.39, 0.29) is 23.6 Å². The van der Waals surface area contributed by atoms with Gasteiger partial charge in [-0.05, 0) is 61.0 Å². The van der Waals surface area contributed by atoms with Crippen molar-refractivity contribution >= 4 is 17.5 Å². The Bertz CT molecular complexity index is 1120. The second kappa shape index (κ2) is 8.44. The van der Waals surface area contributed by atoms with E-state index in [0.717, 1.165) is 11.3 Å². The van der Waals surface area contributed by atoms with Gasteiger partial charge >= 0.3 is 0 Å². The van der Waals surface area contributed by atoms with Crippen molar-refractivity contribution in [2.45, 2.75) is 13.0 Å². The number of nitrogens with one attached hydrogen (secondary N) is 2. The lowest BCUT2D eigenvalue weighted by Gasteiger charge is -2.15. The summed E-state index contributed by atoms with van der Waals surface area (Å²) in [6, 6.07) is 17.4. The molecule has 8 nitrogen and oxygen atoms in total. The predicted molar refractivity (Wildman–Crippen MR) is 110 cm³/mol. The Labute approximate surface area is 172 Å². The molecule has 150 valence electrons. The highest BCUT2D eigenvalue weighted by atomic mass is 16.3. The number of carbonyl (C=O) groups is 2. The number of carbonyl (C=O) groups excluding carboxylic acids is 2. The average Bonchev–Trinajstić information content (AvgIpc) is 3.48. The fourth-order valence-corrected chi connectivity index (χ4v) is 2.93. The van der Waals surface area contributed by atoms with Crippen LogP contribution in [0.2, 0.25) is 0 Å². The molecular weight excluding hydrogens is 382 g/mol. The molecule has 0 aliphatic rings. The van der Waals surface area contributed by atoms with E-state index in [9.17, 15) is 9.59 Å². The zero-order valence-electron chi connectivity index (χ0n) is 16.1. The first-order chi connectivity index (χ1) is 14.6. The molecule has 0 unspecified atom stereocenters. The molecule has 2 aromatic carbocycles. The summed E-state index contributed by atoms with van der Waals surface area (Å²) in [5.41, 5.74) is 2.93. The molecule has 1 atom stereocenters. The quantitative estimate of drug-likeness (QED) is 0.514. The van der Waals surface area contributed by atoms with Crippen LogP contribution < -0.4 is 10.6 Å². The molecule has 0 saturated carbocycles. The molecule has 0 radical (unpaired) electrons. The molecule has 30 heavy (non-hydrogen) atoms. The zero-order chi connectivity index (χ0) is 20.9. The number of amides is 2. The molecule has 8 heteroatoms. The van der Waals surface area contributed by atoms with Crippen molar-refractivity contribution in [3.63, 3.8) is 0 Å². The lowest BCUT2D eigenvalue weighted by atomic mass is 10.1. The van der Waals surface area contributed by atoms with E-state index in [0.29, 0.717) is 11.3 Å². The number of anilines is 1. The topological polar surface area (TPSA) is 102 Å². The van der Waals surface area contributed by atoms with Crippen LogP contribution in [0, 0.1) is 0 Å². The van der Waals surface area contributed by atoms with E-state index in [4.69, 9.17) is 4.42 Å². The van der Waals surface area contributed by atoms with Crippen molar-refractivity contribution in [3.8, 4) is 5.69 Å². The average molecular weight is 401 g/mol. The lowest BCUT2D eigenvalue weighted by molar-refractivity contribution is 0.0939. The Balaban J connectivity index is 1.36. The van der Waals surface area contributed by atoms with Gasteiger partial charge in [0.15, 0.2) is 5.76 Å². The van der Waals surface area contributed by atoms with Gasteiger partial charge in [0.1, 0.15) is 12.7 Å². The molecule has 0 fully saturated rings. The maximum atomic E-state index is 12.6. The Morgan fingerprint density at radius 1 is 1.00 bits per heavy atom. The lowest BCUT2D eigenvalue weighted by Crippen LogP contribution is -2.26. The zero-order valence-corrected chi connectivity index (χ0v) is 16.1. The minimum Gasteiger partial charge on any atom is -0.459 e. The second-order valence-corrected chi connectivity index (χ2v) is 6.64. The van der Waals surface area contributed by atoms with Gasteiger partial charge < -0.3 is 15.1 Å². The van der Waals surface area contributed by atoms with E-state index in [2.05, 4.69) is 20.7 Å². The molecule has 2 amide bonds. The van der Waals surface area contributed by atoms with Crippen molar-refractivity contribution in [2.75, 3.05) is 5.32 Å². The predicted octanol–water partition coefficient (Wildman–Crippen LogP) is 3.60. The standard InChI is InChI=1S/C22H19N5O3/c1-15(16-6-10-19(11-7-16)27-14-23-13-24-27)25-21(28)17-4-8-18(9-5-17)26-22(29)20-3-2-12-30-20/h2-15H,1H3,(H,25,28)(H,26,29)/t15-/m0/s1. The number of nitrogens with zero attached hydrogens (tertiary/aromatic N) is 3. The minimum absolute atomic E-state index is 0.180. The molecule has 2 aromatic heterocycles. The highest BCUT2D eigenvalue weighted by Gasteiger charge is 2.13. The number of hydrogen-bond acceptors (Lipinski definition) is 5. The molecule has 0 saturated heterocycles. The fraction of sp³-hybridized carbons (Fsp3) is 0.0909. The maximum Gasteiger partial charge on any atom is 0.291 e. The summed E-state index contributed by atoms with van der Waals surface area (Å²) in [5.74, 6) is -0.326. The number of furan rings is 1. The van der Waals surface area contributed by atoms with Gasteiger partial charge in [-0.3, -0.25) is 9.59 Å². The third-order valence-corrected chi connectivity index (χ3v) is 4.57. The molecule has 0 aliphatic heterocycles. The largest absolute Gasteiger partial charge is 0.459 e. The molecule has 2 N–H and O–H groups in total. The van der Waals surface area contributed by atoms with Crippen LogP contribution in [0.15, 0.2) is 84.0 Å². The summed E-state index contributed by atoms with van der Waals surface area (Å²) in [4.78, 5) is 28.5. The van der Waals surface area contributed by atoms with Crippen LogP contribution in [0.3, 0.4) is 0 Å². The van der Waals surface area contributed by atoms with Crippen molar-refractivity contribution < 1.29 is 14.0 Å². The molecule has 4 rings (SSSR count). The minimum atomic E-state index is -0.347. The van der Waals surface area contributed by atoms with E-state index in [1.165, 1.54) is 12.6 Å². The first kappa shape index (κ1) is 19.1. The van der Waals surface area contributed by atoms with Crippen LogP contribution in [-0.2, 0) is 0 Å². The first-order valence-corrected chi connectivity index (χ1v) is 9.31. The smallest absolute Gasteiger partial charge is 0.291 e. The Morgan fingerprint density at radius 3 is 2.40 bits per heavy atom. The van der Waals surface area contributed by atoms with Gasteiger partial charge in [-0.1, -0.05) is 12.1 Å². The van der Waals surface area contributed by atoms with Crippen LogP contribution in [0.25, 0.3) is 5.69 Å². The maximum absolute atomic E-state index is 12.6. The van der Waals surface area contributed by atoms with Crippen LogP contribution in [-0.4, -0.2) is 26.6 Å². The molecular formula is C22H19N5O3. The summed E-state index contributed by atoms with van der Waals surface area (Å²) >= 11 is 0. The fourth-order valence-electron chi connectivity index (χ4n) is 2.93. The van der Waals surface area contributed by atoms with Gasteiger partial charge in [-0.2, -0.15) is 5.10 Å². The van der Waals surface area contributed by atoms with Gasteiger partial charge in [0.25, 0.3) is 11.8 Å². The Morgan fingerprint density at radius 2 is 1.77 bits per heavy atom. The van der Waals surface area contributed by atoms with Gasteiger partial charge in [-0.15, -0.1) is 0 Å². The Hall–Kier alpha value is -4.20. The monoisotopic (exact) mass is 401 g/mol. The third kappa shape index (κ3) is 4.27. The normalized spacial score (nSPS) is 11.6. The highest BCUT2D eigenvalue weighted by molar-refractivity contribution is 6.02. The van der Waals surface area contributed by atoms with Crippen LogP contribution >= 0.6 is 0 Å². The summed E-state index contributed by atoms with van der Waals surface area (Å²) in [6.07, 6.45) is 4.54. The van der Waals surface area contributed by atoms with E-state index < -0.39 is 0 Å². The molecule has 4 aromatic rings. The second-order valence-electron chi connectivity index (χ2n) is 6.64. The van der Waals surface area contributed by atoms with Crippen LogP contribution in [0.4, 0.5) is 5.69 Å². The molecule has 0 spiro atoms. The SMILES string of the molecule is C[C@H](NC(=O)c1ccc(NC(=O)c2ccco2)cc1)c1ccc(-n2cncn2)cc1. The van der Waals surface area contributed by atoms with E-state index in [1.807, 2.05) is 31.2 Å². The molecule has 2 heterocycles. The summed E-state index contributed by atoms with van der Waals surface area (Å²) < 4.78 is 6.73. The van der Waals surface area contributed by atoms with Crippen molar-refractivity contribution in [1.82, 2.24) is 20.1 Å². The Kier molecular flexibility index (Phi) is 5.38. The van der Waals surface area contributed by atoms with Gasteiger partial charge in [0.05, 0.1) is 18.0 Å². The van der Waals surface area contributed by atoms with E-state index in [1.54, 1.807) is 47.4 Å². The van der Waals surface area contributed by atoms with E-state index >= 15 is 0 Å². The van der Waals surface area contributed by atoms with Crippen molar-refractivity contribution in [3.05, 3.63) is 96.5 Å². The number of aromatic nitrogens is 3. The van der Waals surface area contributed by atoms with Crippen LogP contribution in [0.1, 0.15) is 39.4 Å². The first-order valence-electron chi connectivity index (χ1n) is 9.31. The number of benzene rings is 2.